The van der Waals surface area contributed by atoms with E-state index in [-0.39, 0.29) is 0 Å². The highest BCUT2D eigenvalue weighted by Crippen LogP contribution is 2.22. The summed E-state index contributed by atoms with van der Waals surface area (Å²) in [4.78, 5) is 15.2. The highest BCUT2D eigenvalue weighted by Gasteiger charge is 2.05. The number of ether oxygens (including phenoxy) is 1. The zero-order chi connectivity index (χ0) is 13.7. The maximum absolute atomic E-state index is 11.2. The van der Waals surface area contributed by atoms with Gasteiger partial charge in [0.2, 0.25) is 5.91 Å². The van der Waals surface area contributed by atoms with Gasteiger partial charge < -0.3 is 10.5 Å². The normalized spacial score (nSPS) is 10.6. The third-order valence-corrected chi connectivity index (χ3v) is 2.65. The van der Waals surface area contributed by atoms with E-state index in [4.69, 9.17) is 10.5 Å². The molecule has 19 heavy (non-hydrogen) atoms. The van der Waals surface area contributed by atoms with E-state index in [0.29, 0.717) is 11.3 Å². The molecular formula is C15H14N2O2. The number of carbonyl (C=O) groups excluding carboxylic acids is 1. The standard InChI is InChI=1S/C15H14N2O2/c1-19-14-7-6-13(15(16)18)9-12(14)5-4-11-3-2-8-17-10-11/h2-10H,1H3,(H2,16,18). The number of carbonyl (C=O) groups is 1. The molecule has 0 bridgehead atoms. The van der Waals surface area contributed by atoms with Crippen molar-refractivity contribution < 1.29 is 9.53 Å². The topological polar surface area (TPSA) is 65.2 Å². The Hall–Kier alpha value is -2.62. The van der Waals surface area contributed by atoms with Crippen LogP contribution in [0, 0.1) is 0 Å². The first kappa shape index (κ1) is 12.8. The van der Waals surface area contributed by atoms with Gasteiger partial charge in [-0.1, -0.05) is 18.2 Å². The molecule has 1 aromatic carbocycles. The Kier molecular flexibility index (Phi) is 3.93. The van der Waals surface area contributed by atoms with E-state index in [2.05, 4.69) is 4.98 Å². The van der Waals surface area contributed by atoms with E-state index in [0.717, 1.165) is 11.1 Å². The smallest absolute Gasteiger partial charge is 0.248 e. The second-order valence-electron chi connectivity index (χ2n) is 3.94. The van der Waals surface area contributed by atoms with Crippen molar-refractivity contribution in [1.29, 1.82) is 0 Å². The molecule has 1 aromatic heterocycles. The number of benzene rings is 1. The van der Waals surface area contributed by atoms with Crippen LogP contribution in [0.2, 0.25) is 0 Å². The van der Waals surface area contributed by atoms with Crippen LogP contribution in [0.25, 0.3) is 12.2 Å². The molecule has 4 heteroatoms. The minimum absolute atomic E-state index is 0.451. The molecule has 0 saturated heterocycles. The number of pyridine rings is 1. The molecule has 2 aromatic rings. The predicted molar refractivity (Wildman–Crippen MR) is 74.7 cm³/mol. The van der Waals surface area contributed by atoms with Crippen molar-refractivity contribution in [1.82, 2.24) is 4.98 Å². The number of nitrogens with zero attached hydrogens (tertiary/aromatic N) is 1. The fourth-order valence-electron chi connectivity index (χ4n) is 1.68. The van der Waals surface area contributed by atoms with Crippen molar-refractivity contribution in [2.75, 3.05) is 7.11 Å². The van der Waals surface area contributed by atoms with Crippen LogP contribution in [0.5, 0.6) is 5.75 Å². The van der Waals surface area contributed by atoms with Gasteiger partial charge in [0, 0.05) is 23.5 Å². The predicted octanol–water partition coefficient (Wildman–Crippen LogP) is 2.36. The van der Waals surface area contributed by atoms with Gasteiger partial charge >= 0.3 is 0 Å². The molecule has 2 N–H and O–H groups in total. The molecule has 0 aliphatic heterocycles. The summed E-state index contributed by atoms with van der Waals surface area (Å²) in [6.07, 6.45) is 7.23. The van der Waals surface area contributed by atoms with Gasteiger partial charge in [-0.05, 0) is 29.8 Å². The van der Waals surface area contributed by atoms with Gasteiger partial charge in [-0.2, -0.15) is 0 Å². The summed E-state index contributed by atoms with van der Waals surface area (Å²) in [5.41, 5.74) is 7.48. The SMILES string of the molecule is COc1ccc(C(N)=O)cc1C=Cc1cccnc1. The second-order valence-corrected chi connectivity index (χ2v) is 3.94. The lowest BCUT2D eigenvalue weighted by atomic mass is 10.1. The van der Waals surface area contributed by atoms with Crippen molar-refractivity contribution in [3.63, 3.8) is 0 Å². The van der Waals surface area contributed by atoms with Crippen LogP contribution < -0.4 is 10.5 Å². The fraction of sp³-hybridized carbons (Fsp3) is 0.0667. The van der Waals surface area contributed by atoms with E-state index in [1.807, 2.05) is 24.3 Å². The largest absolute Gasteiger partial charge is 0.496 e. The number of aromatic nitrogens is 1. The van der Waals surface area contributed by atoms with E-state index >= 15 is 0 Å². The molecule has 0 aliphatic carbocycles. The van der Waals surface area contributed by atoms with E-state index in [1.165, 1.54) is 0 Å². The molecule has 4 nitrogen and oxygen atoms in total. The Morgan fingerprint density at radius 1 is 1.32 bits per heavy atom. The molecule has 0 radical (unpaired) electrons. The summed E-state index contributed by atoms with van der Waals surface area (Å²) in [5.74, 6) is 0.226. The molecule has 96 valence electrons. The molecule has 0 fully saturated rings. The molecular weight excluding hydrogens is 240 g/mol. The molecule has 0 unspecified atom stereocenters. The van der Waals surface area contributed by atoms with Gasteiger partial charge in [0.1, 0.15) is 5.75 Å². The van der Waals surface area contributed by atoms with Gasteiger partial charge in [0.25, 0.3) is 0 Å². The molecule has 0 spiro atoms. The maximum atomic E-state index is 11.2. The van der Waals surface area contributed by atoms with Crippen LogP contribution in [-0.2, 0) is 0 Å². The Morgan fingerprint density at radius 2 is 2.16 bits per heavy atom. The van der Waals surface area contributed by atoms with Gasteiger partial charge in [0.05, 0.1) is 7.11 Å². The molecule has 0 saturated carbocycles. The Bertz CT molecular complexity index is 607. The lowest BCUT2D eigenvalue weighted by Gasteiger charge is -2.06. The summed E-state index contributed by atoms with van der Waals surface area (Å²) >= 11 is 0. The van der Waals surface area contributed by atoms with Crippen molar-refractivity contribution in [3.05, 3.63) is 59.4 Å². The zero-order valence-electron chi connectivity index (χ0n) is 10.5. The first-order chi connectivity index (χ1) is 9.20. The molecule has 0 atom stereocenters. The number of hydrogen-bond acceptors (Lipinski definition) is 3. The average molecular weight is 254 g/mol. The van der Waals surface area contributed by atoms with Crippen molar-refractivity contribution in [2.45, 2.75) is 0 Å². The highest BCUT2D eigenvalue weighted by atomic mass is 16.5. The number of primary amides is 1. The average Bonchev–Trinajstić information content (AvgIpc) is 2.45. The minimum atomic E-state index is -0.460. The quantitative estimate of drug-likeness (QED) is 0.910. The van der Waals surface area contributed by atoms with Gasteiger partial charge in [0.15, 0.2) is 0 Å². The second kappa shape index (κ2) is 5.82. The molecule has 1 amide bonds. The van der Waals surface area contributed by atoms with Gasteiger partial charge in [-0.25, -0.2) is 0 Å². The first-order valence-corrected chi connectivity index (χ1v) is 5.76. The number of nitrogens with two attached hydrogens (primary N) is 1. The van der Waals surface area contributed by atoms with Crippen LogP contribution >= 0.6 is 0 Å². The molecule has 1 heterocycles. The highest BCUT2D eigenvalue weighted by molar-refractivity contribution is 5.94. The van der Waals surface area contributed by atoms with Crippen molar-refractivity contribution in [3.8, 4) is 5.75 Å². The van der Waals surface area contributed by atoms with Crippen LogP contribution in [0.15, 0.2) is 42.7 Å². The van der Waals surface area contributed by atoms with E-state index in [1.54, 1.807) is 37.7 Å². The Labute approximate surface area is 111 Å². The minimum Gasteiger partial charge on any atom is -0.496 e. The Balaban J connectivity index is 2.35. The summed E-state index contributed by atoms with van der Waals surface area (Å²) in [6, 6.07) is 8.87. The van der Waals surface area contributed by atoms with Gasteiger partial charge in [-0.15, -0.1) is 0 Å². The van der Waals surface area contributed by atoms with Crippen LogP contribution in [0.1, 0.15) is 21.5 Å². The van der Waals surface area contributed by atoms with Gasteiger partial charge in [-0.3, -0.25) is 9.78 Å². The summed E-state index contributed by atoms with van der Waals surface area (Å²) < 4.78 is 5.25. The summed E-state index contributed by atoms with van der Waals surface area (Å²) in [5, 5.41) is 0. The number of rotatable bonds is 4. The lowest BCUT2D eigenvalue weighted by Crippen LogP contribution is -2.10. The van der Waals surface area contributed by atoms with Crippen LogP contribution in [0.3, 0.4) is 0 Å². The maximum Gasteiger partial charge on any atom is 0.248 e. The fourth-order valence-corrected chi connectivity index (χ4v) is 1.68. The van der Waals surface area contributed by atoms with Crippen molar-refractivity contribution in [2.24, 2.45) is 5.73 Å². The number of amides is 1. The summed E-state index contributed by atoms with van der Waals surface area (Å²) in [6.45, 7) is 0. The number of hydrogen-bond donors (Lipinski definition) is 1. The van der Waals surface area contributed by atoms with Crippen LogP contribution in [0.4, 0.5) is 0 Å². The van der Waals surface area contributed by atoms with E-state index < -0.39 is 5.91 Å². The number of methoxy groups -OCH3 is 1. The van der Waals surface area contributed by atoms with E-state index in [9.17, 15) is 4.79 Å². The third-order valence-electron chi connectivity index (χ3n) is 2.65. The first-order valence-electron chi connectivity index (χ1n) is 5.76. The molecule has 0 aliphatic rings. The van der Waals surface area contributed by atoms with Crippen molar-refractivity contribution >= 4 is 18.1 Å². The lowest BCUT2D eigenvalue weighted by molar-refractivity contribution is 0.1000. The van der Waals surface area contributed by atoms with Crippen LogP contribution in [-0.4, -0.2) is 18.0 Å². The monoisotopic (exact) mass is 254 g/mol. The summed E-state index contributed by atoms with van der Waals surface area (Å²) in [7, 11) is 1.58. The molecule has 2 rings (SSSR count). The Morgan fingerprint density at radius 3 is 2.79 bits per heavy atom. The third kappa shape index (κ3) is 3.19. The zero-order valence-corrected chi connectivity index (χ0v) is 10.5.